The molecule has 2 aliphatic heterocycles. The normalized spacial score (nSPS) is 18.1. The molecule has 2 fully saturated rings. The first-order chi connectivity index (χ1) is 16.3. The first-order valence-corrected chi connectivity index (χ1v) is 11.8. The summed E-state index contributed by atoms with van der Waals surface area (Å²) in [5, 5.41) is -0.231. The van der Waals surface area contributed by atoms with Crippen LogP contribution >= 0.6 is 11.8 Å². The largest absolute Gasteiger partial charge is 0.423 e. The van der Waals surface area contributed by atoms with Crippen molar-refractivity contribution in [3.63, 3.8) is 0 Å². The number of rotatable bonds is 4. The maximum atomic E-state index is 15.0. The van der Waals surface area contributed by atoms with Crippen molar-refractivity contribution in [2.45, 2.75) is 6.23 Å². The monoisotopic (exact) mass is 488 g/mol. The molecule has 0 spiro atoms. The molecule has 3 amide bonds. The molecule has 34 heavy (non-hydrogen) atoms. The van der Waals surface area contributed by atoms with Crippen LogP contribution in [0.2, 0.25) is 0 Å². The number of amides is 3. The number of aromatic nitrogens is 1. The molecular formula is C22H25FN6O4S. The Kier molecular flexibility index (Phi) is 6.77. The van der Waals surface area contributed by atoms with E-state index in [0.717, 1.165) is 11.8 Å². The van der Waals surface area contributed by atoms with Crippen LogP contribution in [0.5, 0.6) is 0 Å². The number of hydrogen-bond donors (Lipinski definition) is 1. The van der Waals surface area contributed by atoms with Gasteiger partial charge < -0.3 is 20.3 Å². The molecule has 2 N–H and O–H groups in total. The van der Waals surface area contributed by atoms with Crippen LogP contribution in [0, 0.1) is 5.82 Å². The standard InChI is InChI=1S/C22H25FN6O4S/c1-26(22(32)34-2)19-13-29(21(31)33-19)14-3-4-18(16(23)11-14)27-7-9-28(10-8-27)20(30)15-12-25-6-5-17(15)24/h3-6,11-12,19H,7-10,13H2,1-2H3,(H2,24,25). The minimum absolute atomic E-state index is 0.110. The minimum Gasteiger partial charge on any atom is -0.423 e. The molecule has 0 aliphatic carbocycles. The summed E-state index contributed by atoms with van der Waals surface area (Å²) in [4.78, 5) is 47.0. The van der Waals surface area contributed by atoms with Crippen LogP contribution in [-0.4, -0.2) is 84.3 Å². The van der Waals surface area contributed by atoms with Crippen molar-refractivity contribution >= 4 is 46.1 Å². The molecule has 1 aromatic carbocycles. The molecule has 10 nitrogen and oxygen atoms in total. The van der Waals surface area contributed by atoms with Crippen molar-refractivity contribution in [3.8, 4) is 0 Å². The molecule has 3 heterocycles. The molecule has 0 radical (unpaired) electrons. The molecular weight excluding hydrogens is 463 g/mol. The predicted molar refractivity (Wildman–Crippen MR) is 127 cm³/mol. The maximum absolute atomic E-state index is 15.0. The average Bonchev–Trinajstić information content (AvgIpc) is 3.24. The number of carbonyl (C=O) groups excluding carboxylic acids is 3. The Balaban J connectivity index is 1.40. The van der Waals surface area contributed by atoms with Gasteiger partial charge in [0.25, 0.3) is 11.1 Å². The van der Waals surface area contributed by atoms with Crippen molar-refractivity contribution < 1.29 is 23.5 Å². The van der Waals surface area contributed by atoms with Crippen LogP contribution in [0.25, 0.3) is 0 Å². The molecule has 2 aromatic rings. The van der Waals surface area contributed by atoms with E-state index in [1.54, 1.807) is 36.4 Å². The Morgan fingerprint density at radius 2 is 1.97 bits per heavy atom. The van der Waals surface area contributed by atoms with Crippen LogP contribution in [0.4, 0.5) is 31.0 Å². The van der Waals surface area contributed by atoms with Crippen molar-refractivity contribution in [2.75, 3.05) is 61.6 Å². The highest BCUT2D eigenvalue weighted by Crippen LogP contribution is 2.29. The predicted octanol–water partition coefficient (Wildman–Crippen LogP) is 2.46. The fourth-order valence-electron chi connectivity index (χ4n) is 3.95. The number of nitrogens with two attached hydrogens (primary N) is 1. The summed E-state index contributed by atoms with van der Waals surface area (Å²) >= 11 is 1.02. The van der Waals surface area contributed by atoms with Crippen LogP contribution in [-0.2, 0) is 4.74 Å². The minimum atomic E-state index is -0.741. The lowest BCUT2D eigenvalue weighted by molar-refractivity contribution is 0.0668. The summed E-state index contributed by atoms with van der Waals surface area (Å²) in [5.41, 5.74) is 7.34. The van der Waals surface area contributed by atoms with Crippen molar-refractivity contribution in [1.29, 1.82) is 0 Å². The first-order valence-electron chi connectivity index (χ1n) is 10.6. The molecule has 12 heteroatoms. The van der Waals surface area contributed by atoms with E-state index in [9.17, 15) is 14.4 Å². The van der Waals surface area contributed by atoms with Gasteiger partial charge >= 0.3 is 6.09 Å². The van der Waals surface area contributed by atoms with Gasteiger partial charge in [-0.3, -0.25) is 24.4 Å². The third-order valence-electron chi connectivity index (χ3n) is 5.93. The Morgan fingerprint density at radius 1 is 1.24 bits per heavy atom. The molecule has 2 aliphatic rings. The van der Waals surface area contributed by atoms with E-state index in [2.05, 4.69) is 4.98 Å². The number of halogens is 1. The zero-order chi connectivity index (χ0) is 24.4. The van der Waals surface area contributed by atoms with Gasteiger partial charge in [-0.15, -0.1) is 0 Å². The van der Waals surface area contributed by atoms with Gasteiger partial charge in [0.1, 0.15) is 5.82 Å². The van der Waals surface area contributed by atoms with Crippen LogP contribution < -0.4 is 15.5 Å². The van der Waals surface area contributed by atoms with Crippen LogP contribution in [0.3, 0.4) is 0 Å². The topological polar surface area (TPSA) is 112 Å². The maximum Gasteiger partial charge on any atom is 0.416 e. The number of benzene rings is 1. The molecule has 1 unspecified atom stereocenters. The highest BCUT2D eigenvalue weighted by Gasteiger charge is 2.37. The molecule has 0 saturated carbocycles. The number of thioether (sulfide) groups is 1. The van der Waals surface area contributed by atoms with E-state index in [-0.39, 0.29) is 17.7 Å². The van der Waals surface area contributed by atoms with Crippen LogP contribution in [0.15, 0.2) is 36.7 Å². The lowest BCUT2D eigenvalue weighted by atomic mass is 10.1. The number of anilines is 3. The van der Waals surface area contributed by atoms with E-state index < -0.39 is 18.1 Å². The van der Waals surface area contributed by atoms with Gasteiger partial charge in [-0.1, -0.05) is 11.8 Å². The Labute approximate surface area is 200 Å². The number of cyclic esters (lactones) is 1. The summed E-state index contributed by atoms with van der Waals surface area (Å²) < 4.78 is 20.3. The van der Waals surface area contributed by atoms with Gasteiger partial charge in [0, 0.05) is 51.3 Å². The van der Waals surface area contributed by atoms with Gasteiger partial charge in [0.2, 0.25) is 0 Å². The van der Waals surface area contributed by atoms with E-state index in [0.29, 0.717) is 48.8 Å². The van der Waals surface area contributed by atoms with E-state index >= 15 is 4.39 Å². The third-order valence-corrected chi connectivity index (χ3v) is 6.56. The lowest BCUT2D eigenvalue weighted by Gasteiger charge is -2.36. The molecule has 1 aromatic heterocycles. The second-order valence-electron chi connectivity index (χ2n) is 7.91. The molecule has 0 bridgehead atoms. The zero-order valence-electron chi connectivity index (χ0n) is 18.8. The summed E-state index contributed by atoms with van der Waals surface area (Å²) in [6.45, 7) is 1.81. The quantitative estimate of drug-likeness (QED) is 0.699. The van der Waals surface area contributed by atoms with Crippen molar-refractivity contribution in [2.24, 2.45) is 0 Å². The fraction of sp³-hybridized carbons (Fsp3) is 0.364. The van der Waals surface area contributed by atoms with E-state index in [1.165, 1.54) is 28.3 Å². The number of likely N-dealkylation sites (N-methyl/N-ethyl adjacent to an activating group) is 1. The molecule has 4 rings (SSSR count). The third kappa shape index (κ3) is 4.58. The highest BCUT2D eigenvalue weighted by atomic mass is 32.2. The Morgan fingerprint density at radius 3 is 2.62 bits per heavy atom. The number of piperazine rings is 1. The number of carbonyl (C=O) groups is 3. The lowest BCUT2D eigenvalue weighted by Crippen LogP contribution is -2.49. The summed E-state index contributed by atoms with van der Waals surface area (Å²) in [6.07, 6.45) is 3.24. The molecule has 180 valence electrons. The highest BCUT2D eigenvalue weighted by molar-refractivity contribution is 8.12. The average molecular weight is 489 g/mol. The van der Waals surface area contributed by atoms with Crippen molar-refractivity contribution in [1.82, 2.24) is 14.8 Å². The number of pyridine rings is 1. The first kappa shape index (κ1) is 23.6. The van der Waals surface area contributed by atoms with Gasteiger partial charge in [-0.05, 0) is 30.5 Å². The Bertz CT molecular complexity index is 1110. The van der Waals surface area contributed by atoms with E-state index in [1.807, 2.05) is 4.90 Å². The second-order valence-corrected chi connectivity index (χ2v) is 8.67. The SMILES string of the molecule is CSC(=O)N(C)C1CN(c2ccc(N3CCN(C(=O)c4cnccc4N)CC3)c(F)c2)C(=O)O1. The fourth-order valence-corrected chi connectivity index (χ4v) is 4.35. The number of ether oxygens (including phenoxy) is 1. The van der Waals surface area contributed by atoms with Crippen molar-refractivity contribution in [3.05, 3.63) is 48.0 Å². The van der Waals surface area contributed by atoms with Gasteiger partial charge in [0.05, 0.1) is 23.5 Å². The summed E-state index contributed by atoms with van der Waals surface area (Å²) in [6, 6.07) is 6.12. The number of nitrogen functional groups attached to an aromatic ring is 1. The Hall–Kier alpha value is -3.54. The number of nitrogens with zero attached hydrogens (tertiary/aromatic N) is 5. The van der Waals surface area contributed by atoms with Crippen LogP contribution in [0.1, 0.15) is 10.4 Å². The number of hydrogen-bond acceptors (Lipinski definition) is 8. The second kappa shape index (κ2) is 9.75. The van der Waals surface area contributed by atoms with E-state index in [4.69, 9.17) is 10.5 Å². The zero-order valence-corrected chi connectivity index (χ0v) is 19.6. The smallest absolute Gasteiger partial charge is 0.416 e. The summed E-state index contributed by atoms with van der Waals surface area (Å²) in [7, 11) is 1.55. The van der Waals surface area contributed by atoms with Gasteiger partial charge in [-0.25, -0.2) is 9.18 Å². The summed E-state index contributed by atoms with van der Waals surface area (Å²) in [5.74, 6) is -0.688. The van der Waals surface area contributed by atoms with Gasteiger partial charge in [0.15, 0.2) is 6.23 Å². The van der Waals surface area contributed by atoms with Gasteiger partial charge in [-0.2, -0.15) is 0 Å². The molecule has 1 atom stereocenters. The molecule has 2 saturated heterocycles.